The average molecular weight is 274 g/mol. The molecule has 1 aromatic carbocycles. The van der Waals surface area contributed by atoms with Crippen LogP contribution < -0.4 is 11.1 Å². The molecular formula is C12H17Cl2N3. The molecule has 1 aromatic rings. The second kappa shape index (κ2) is 6.72. The van der Waals surface area contributed by atoms with Crippen LogP contribution in [0.25, 0.3) is 0 Å². The molecule has 1 atom stereocenters. The first kappa shape index (κ1) is 14.1. The first-order chi connectivity index (χ1) is 8.04. The van der Waals surface area contributed by atoms with Crippen molar-refractivity contribution in [2.24, 2.45) is 10.7 Å². The summed E-state index contributed by atoms with van der Waals surface area (Å²) < 4.78 is 0. The van der Waals surface area contributed by atoms with Gasteiger partial charge in [0.05, 0.1) is 6.04 Å². The molecule has 0 spiro atoms. The van der Waals surface area contributed by atoms with Gasteiger partial charge >= 0.3 is 0 Å². The van der Waals surface area contributed by atoms with E-state index in [0.29, 0.717) is 16.0 Å². The Hall–Kier alpha value is -0.930. The molecule has 0 aliphatic rings. The van der Waals surface area contributed by atoms with Gasteiger partial charge in [0.1, 0.15) is 0 Å². The van der Waals surface area contributed by atoms with Crippen molar-refractivity contribution >= 4 is 29.2 Å². The van der Waals surface area contributed by atoms with Gasteiger partial charge in [0, 0.05) is 16.6 Å². The van der Waals surface area contributed by atoms with Gasteiger partial charge in [-0.05, 0) is 31.0 Å². The van der Waals surface area contributed by atoms with E-state index in [2.05, 4.69) is 17.2 Å². The summed E-state index contributed by atoms with van der Waals surface area (Å²) in [6.07, 6.45) is 0.971. The number of halogens is 2. The molecule has 3 N–H and O–H groups in total. The molecule has 3 nitrogen and oxygen atoms in total. The number of nitrogens with one attached hydrogen (secondary N) is 1. The van der Waals surface area contributed by atoms with E-state index in [4.69, 9.17) is 28.9 Å². The van der Waals surface area contributed by atoms with Gasteiger partial charge in [-0.25, -0.2) is 0 Å². The molecular weight excluding hydrogens is 257 g/mol. The third-order valence-corrected chi connectivity index (χ3v) is 2.86. The fourth-order valence-electron chi connectivity index (χ4n) is 1.43. The molecule has 94 valence electrons. The van der Waals surface area contributed by atoms with Crippen LogP contribution >= 0.6 is 23.2 Å². The molecule has 0 fully saturated rings. The van der Waals surface area contributed by atoms with Gasteiger partial charge in [0.25, 0.3) is 0 Å². The lowest BCUT2D eigenvalue weighted by molar-refractivity contribution is 0.707. The standard InChI is InChI=1S/C12H17Cl2N3/c1-3-6-16-12(15)17-8(2)10-5-4-9(13)7-11(10)14/h4-5,7-8H,3,6H2,1-2H3,(H3,15,16,17). The molecule has 0 saturated heterocycles. The van der Waals surface area contributed by atoms with E-state index in [1.807, 2.05) is 13.0 Å². The van der Waals surface area contributed by atoms with Crippen LogP contribution in [0.5, 0.6) is 0 Å². The van der Waals surface area contributed by atoms with Crippen LogP contribution in [0.3, 0.4) is 0 Å². The second-order valence-corrected chi connectivity index (χ2v) is 4.64. The quantitative estimate of drug-likeness (QED) is 0.653. The zero-order valence-corrected chi connectivity index (χ0v) is 11.5. The zero-order chi connectivity index (χ0) is 12.8. The first-order valence-corrected chi connectivity index (χ1v) is 6.31. The summed E-state index contributed by atoms with van der Waals surface area (Å²) in [4.78, 5) is 4.17. The third-order valence-electron chi connectivity index (χ3n) is 2.30. The summed E-state index contributed by atoms with van der Waals surface area (Å²) in [5.74, 6) is 0.436. The third kappa shape index (κ3) is 4.44. The number of hydrogen-bond acceptors (Lipinski definition) is 1. The topological polar surface area (TPSA) is 50.4 Å². The number of benzene rings is 1. The highest BCUT2D eigenvalue weighted by molar-refractivity contribution is 6.35. The van der Waals surface area contributed by atoms with E-state index in [9.17, 15) is 0 Å². The summed E-state index contributed by atoms with van der Waals surface area (Å²) in [7, 11) is 0. The normalized spacial score (nSPS) is 13.5. The van der Waals surface area contributed by atoms with E-state index in [1.165, 1.54) is 0 Å². The van der Waals surface area contributed by atoms with E-state index in [0.717, 1.165) is 18.5 Å². The van der Waals surface area contributed by atoms with Crippen LogP contribution in [0.1, 0.15) is 31.9 Å². The minimum atomic E-state index is 0.000345. The molecule has 0 amide bonds. The number of hydrogen-bond donors (Lipinski definition) is 2. The van der Waals surface area contributed by atoms with Crippen molar-refractivity contribution in [1.29, 1.82) is 0 Å². The molecule has 0 aliphatic carbocycles. The predicted molar refractivity (Wildman–Crippen MR) is 74.8 cm³/mol. The Kier molecular flexibility index (Phi) is 5.59. The summed E-state index contributed by atoms with van der Waals surface area (Å²) in [6.45, 7) is 4.75. The lowest BCUT2D eigenvalue weighted by Crippen LogP contribution is -2.34. The largest absolute Gasteiger partial charge is 0.370 e. The predicted octanol–water partition coefficient (Wildman–Crippen LogP) is 3.37. The van der Waals surface area contributed by atoms with Gasteiger partial charge in [-0.15, -0.1) is 0 Å². The van der Waals surface area contributed by atoms with E-state index in [-0.39, 0.29) is 6.04 Å². The molecule has 5 heteroatoms. The maximum atomic E-state index is 6.11. The minimum Gasteiger partial charge on any atom is -0.370 e. The maximum absolute atomic E-state index is 6.11. The van der Waals surface area contributed by atoms with Crippen LogP contribution in [0.2, 0.25) is 10.0 Å². The second-order valence-electron chi connectivity index (χ2n) is 3.80. The highest BCUT2D eigenvalue weighted by Gasteiger charge is 2.10. The molecule has 0 bridgehead atoms. The van der Waals surface area contributed by atoms with Gasteiger partial charge < -0.3 is 11.1 Å². The van der Waals surface area contributed by atoms with Crippen molar-refractivity contribution in [2.75, 3.05) is 6.54 Å². The Morgan fingerprint density at radius 1 is 1.47 bits per heavy atom. The van der Waals surface area contributed by atoms with E-state index in [1.54, 1.807) is 12.1 Å². The fraction of sp³-hybridized carbons (Fsp3) is 0.417. The van der Waals surface area contributed by atoms with Gasteiger partial charge in [0.15, 0.2) is 5.96 Å². The molecule has 0 heterocycles. The Morgan fingerprint density at radius 2 is 2.18 bits per heavy atom. The number of rotatable bonds is 4. The summed E-state index contributed by atoms with van der Waals surface area (Å²) in [6, 6.07) is 5.41. The summed E-state index contributed by atoms with van der Waals surface area (Å²) in [5, 5.41) is 4.34. The molecule has 0 radical (unpaired) electrons. The fourth-order valence-corrected chi connectivity index (χ4v) is 2.00. The molecule has 1 rings (SSSR count). The zero-order valence-electron chi connectivity index (χ0n) is 10.0. The Bertz CT molecular complexity index is 405. The molecule has 0 aliphatic heterocycles. The summed E-state index contributed by atoms with van der Waals surface area (Å²) >= 11 is 11.9. The smallest absolute Gasteiger partial charge is 0.189 e. The van der Waals surface area contributed by atoms with Gasteiger partial charge in [-0.2, -0.15) is 0 Å². The number of aliphatic imine (C=N–C) groups is 1. The minimum absolute atomic E-state index is 0.000345. The van der Waals surface area contributed by atoms with Crippen molar-refractivity contribution < 1.29 is 0 Å². The number of guanidine groups is 1. The van der Waals surface area contributed by atoms with Crippen molar-refractivity contribution in [3.8, 4) is 0 Å². The molecule has 1 unspecified atom stereocenters. The lowest BCUT2D eigenvalue weighted by Gasteiger charge is -2.16. The van der Waals surface area contributed by atoms with E-state index >= 15 is 0 Å². The lowest BCUT2D eigenvalue weighted by atomic mass is 10.1. The highest BCUT2D eigenvalue weighted by atomic mass is 35.5. The van der Waals surface area contributed by atoms with Crippen LogP contribution in [0.15, 0.2) is 23.2 Å². The monoisotopic (exact) mass is 273 g/mol. The Balaban J connectivity index is 2.72. The Labute approximate surface area is 112 Å². The van der Waals surface area contributed by atoms with Crippen LogP contribution in [0, 0.1) is 0 Å². The highest BCUT2D eigenvalue weighted by Crippen LogP contribution is 2.25. The molecule has 0 aromatic heterocycles. The average Bonchev–Trinajstić information content (AvgIpc) is 2.26. The molecule has 17 heavy (non-hydrogen) atoms. The Morgan fingerprint density at radius 3 is 2.76 bits per heavy atom. The van der Waals surface area contributed by atoms with E-state index < -0.39 is 0 Å². The van der Waals surface area contributed by atoms with Crippen LogP contribution in [0.4, 0.5) is 0 Å². The van der Waals surface area contributed by atoms with Crippen LogP contribution in [-0.2, 0) is 0 Å². The molecule has 0 saturated carbocycles. The van der Waals surface area contributed by atoms with Crippen LogP contribution in [-0.4, -0.2) is 12.5 Å². The maximum Gasteiger partial charge on any atom is 0.189 e. The van der Waals surface area contributed by atoms with Crippen molar-refractivity contribution in [2.45, 2.75) is 26.3 Å². The van der Waals surface area contributed by atoms with Crippen molar-refractivity contribution in [3.63, 3.8) is 0 Å². The van der Waals surface area contributed by atoms with Gasteiger partial charge in [-0.1, -0.05) is 36.2 Å². The van der Waals surface area contributed by atoms with Crippen molar-refractivity contribution in [1.82, 2.24) is 5.32 Å². The SMILES string of the molecule is CCCN=C(N)NC(C)c1ccc(Cl)cc1Cl. The first-order valence-electron chi connectivity index (χ1n) is 5.56. The van der Waals surface area contributed by atoms with Gasteiger partial charge in [-0.3, -0.25) is 4.99 Å². The number of nitrogens with two attached hydrogens (primary N) is 1. The van der Waals surface area contributed by atoms with Crippen molar-refractivity contribution in [3.05, 3.63) is 33.8 Å². The number of nitrogens with zero attached hydrogens (tertiary/aromatic N) is 1. The summed E-state index contributed by atoms with van der Waals surface area (Å²) in [5.41, 5.74) is 6.70. The van der Waals surface area contributed by atoms with Gasteiger partial charge in [0.2, 0.25) is 0 Å².